The van der Waals surface area contributed by atoms with Gasteiger partial charge in [-0.2, -0.15) is 0 Å². The van der Waals surface area contributed by atoms with Crippen molar-refractivity contribution in [3.8, 4) is 78.4 Å². The van der Waals surface area contributed by atoms with Crippen LogP contribution in [0.3, 0.4) is 0 Å². The van der Waals surface area contributed by atoms with Crippen LogP contribution in [0.4, 0.5) is 0 Å². The molecule has 1 heterocycles. The summed E-state index contributed by atoms with van der Waals surface area (Å²) < 4.78 is 0. The molecular weight excluding hydrogens is 917 g/mol. The molecule has 2 aliphatic carbocycles. The van der Waals surface area contributed by atoms with Crippen molar-refractivity contribution < 1.29 is 0 Å². The normalized spacial score (nSPS) is 13.6. The molecule has 2 nitrogen and oxygen atoms in total. The van der Waals surface area contributed by atoms with Crippen LogP contribution in [0.15, 0.2) is 267 Å². The second kappa shape index (κ2) is 17.0. The highest BCUT2D eigenvalue weighted by molar-refractivity contribution is 6.14. The van der Waals surface area contributed by atoms with Gasteiger partial charge >= 0.3 is 0 Å². The summed E-state index contributed by atoms with van der Waals surface area (Å²) in [7, 11) is 0. The molecule has 2 aliphatic rings. The lowest BCUT2D eigenvalue weighted by atomic mass is 9.67. The monoisotopic (exact) mass is 966 g/mol. The third-order valence-electron chi connectivity index (χ3n) is 16.8. The van der Waals surface area contributed by atoms with Crippen LogP contribution in [0.5, 0.6) is 0 Å². The van der Waals surface area contributed by atoms with Crippen LogP contribution < -0.4 is 0 Å². The smallest absolute Gasteiger partial charge is 0.160 e. The van der Waals surface area contributed by atoms with Gasteiger partial charge < -0.3 is 0 Å². The molecule has 0 bridgehead atoms. The molecule has 0 fully saturated rings. The fourth-order valence-electron chi connectivity index (χ4n) is 13.5. The van der Waals surface area contributed by atoms with Gasteiger partial charge in [0.1, 0.15) is 0 Å². The third kappa shape index (κ3) is 6.41. The molecule has 12 aromatic carbocycles. The van der Waals surface area contributed by atoms with Gasteiger partial charge in [0.2, 0.25) is 0 Å². The quantitative estimate of drug-likeness (QED) is 0.159. The van der Waals surface area contributed by atoms with E-state index in [-0.39, 0.29) is 5.41 Å². The van der Waals surface area contributed by atoms with Crippen molar-refractivity contribution in [1.29, 1.82) is 0 Å². The maximum atomic E-state index is 5.50. The molecule has 0 spiro atoms. The van der Waals surface area contributed by atoms with E-state index in [0.717, 1.165) is 33.5 Å². The van der Waals surface area contributed by atoms with Crippen molar-refractivity contribution in [3.63, 3.8) is 0 Å². The first-order valence-corrected chi connectivity index (χ1v) is 26.5. The van der Waals surface area contributed by atoms with Crippen molar-refractivity contribution in [2.75, 3.05) is 0 Å². The Balaban J connectivity index is 0.910. The third-order valence-corrected chi connectivity index (χ3v) is 16.8. The summed E-state index contributed by atoms with van der Waals surface area (Å²) in [6.07, 6.45) is 0. The van der Waals surface area contributed by atoms with Crippen molar-refractivity contribution >= 4 is 32.3 Å². The van der Waals surface area contributed by atoms with Gasteiger partial charge in [0.25, 0.3) is 0 Å². The molecule has 0 saturated heterocycles. The molecule has 356 valence electrons. The van der Waals surface area contributed by atoms with Crippen LogP contribution in [-0.4, -0.2) is 9.97 Å². The average Bonchev–Trinajstić information content (AvgIpc) is 4.15. The Morgan fingerprint density at radius 3 is 1.37 bits per heavy atom. The van der Waals surface area contributed by atoms with Crippen LogP contribution >= 0.6 is 0 Å². The van der Waals surface area contributed by atoms with Crippen molar-refractivity contribution in [2.24, 2.45) is 0 Å². The van der Waals surface area contributed by atoms with Crippen molar-refractivity contribution in [3.05, 3.63) is 300 Å². The highest BCUT2D eigenvalue weighted by Crippen LogP contribution is 2.59. The lowest BCUT2D eigenvalue weighted by molar-refractivity contribution is 0.666. The first-order chi connectivity index (χ1) is 37.5. The van der Waals surface area contributed by atoms with E-state index in [4.69, 9.17) is 9.97 Å². The first kappa shape index (κ1) is 44.0. The average molecular weight is 967 g/mol. The fraction of sp³-hybridized carbons (Fsp3) is 0.0541. The Labute approximate surface area is 443 Å². The number of rotatable bonds is 7. The SMILES string of the molecule is CC1(C)c2cccc(-c3ccc(-c4ccc(-c5cc(-c6cccc7c6-c6ccccc6C7(c6ccccc6)c6ccccc6)nc(-c6ccccc6)n5)c5ccccc45)c4ccccc34)c2-c2ccc3ccccc3c21. The fourth-order valence-corrected chi connectivity index (χ4v) is 13.5. The standard InChI is InChI=1S/C74H50N2/c1-73(2)65-38-20-35-60(69(65)63-41-40-47-22-12-13-29-51(47)71(63)73)58-43-42-56(52-30-14-15-31-53(52)58)57-44-45-59(55-33-17-16-32-54(55)57)67-46-68(76-72(75-67)48-23-6-3-7-24-48)62-36-21-39-66-70(62)61-34-18-19-37-64(61)74(66,49-25-8-4-9-26-49)50-27-10-5-11-28-50/h3-46H,1-2H3. The van der Waals surface area contributed by atoms with E-state index in [1.807, 2.05) is 0 Å². The van der Waals surface area contributed by atoms with Gasteiger partial charge in [0, 0.05) is 22.1 Å². The number of benzene rings is 12. The van der Waals surface area contributed by atoms with Crippen molar-refractivity contribution in [1.82, 2.24) is 9.97 Å². The summed E-state index contributed by atoms with van der Waals surface area (Å²) in [5, 5.41) is 7.39. The van der Waals surface area contributed by atoms with Gasteiger partial charge in [0.15, 0.2) is 5.82 Å². The summed E-state index contributed by atoms with van der Waals surface area (Å²) in [5.41, 5.74) is 22.0. The maximum Gasteiger partial charge on any atom is 0.160 e. The zero-order valence-corrected chi connectivity index (χ0v) is 42.3. The Morgan fingerprint density at radius 1 is 0.289 bits per heavy atom. The summed E-state index contributed by atoms with van der Waals surface area (Å²) >= 11 is 0. The predicted octanol–water partition coefficient (Wildman–Crippen LogP) is 18.9. The van der Waals surface area contributed by atoms with E-state index in [9.17, 15) is 0 Å². The highest BCUT2D eigenvalue weighted by atomic mass is 14.9. The van der Waals surface area contributed by atoms with Gasteiger partial charge in [-0.15, -0.1) is 0 Å². The lowest BCUT2D eigenvalue weighted by Crippen LogP contribution is -2.28. The number of hydrogen-bond acceptors (Lipinski definition) is 2. The number of hydrogen-bond donors (Lipinski definition) is 0. The molecule has 0 aliphatic heterocycles. The zero-order valence-electron chi connectivity index (χ0n) is 42.3. The van der Waals surface area contributed by atoms with Gasteiger partial charge in [-0.3, -0.25) is 0 Å². The van der Waals surface area contributed by atoms with Gasteiger partial charge in [-0.1, -0.05) is 275 Å². The van der Waals surface area contributed by atoms with Crippen LogP contribution in [-0.2, 0) is 10.8 Å². The summed E-state index contributed by atoms with van der Waals surface area (Å²) in [6.45, 7) is 4.78. The molecule has 0 saturated carbocycles. The summed E-state index contributed by atoms with van der Waals surface area (Å²) in [4.78, 5) is 11.0. The highest BCUT2D eigenvalue weighted by Gasteiger charge is 2.47. The largest absolute Gasteiger partial charge is 0.228 e. The molecule has 0 N–H and O–H groups in total. The molecule has 13 aromatic rings. The molecule has 2 heteroatoms. The molecular formula is C74H50N2. The topological polar surface area (TPSA) is 25.8 Å². The number of aromatic nitrogens is 2. The predicted molar refractivity (Wildman–Crippen MR) is 317 cm³/mol. The molecule has 0 unspecified atom stereocenters. The molecule has 0 amide bonds. The minimum atomic E-state index is -0.532. The number of nitrogens with zero attached hydrogens (tertiary/aromatic N) is 2. The minimum absolute atomic E-state index is 0.145. The van der Waals surface area contributed by atoms with E-state index in [1.54, 1.807) is 0 Å². The minimum Gasteiger partial charge on any atom is -0.228 e. The summed E-state index contributed by atoms with van der Waals surface area (Å²) in [6, 6.07) is 98.0. The number of fused-ring (bicyclic) bond motifs is 10. The Kier molecular flexibility index (Phi) is 9.86. The van der Waals surface area contributed by atoms with Crippen molar-refractivity contribution in [2.45, 2.75) is 24.7 Å². The van der Waals surface area contributed by atoms with Crippen LogP contribution in [0.2, 0.25) is 0 Å². The Morgan fingerprint density at radius 2 is 0.724 bits per heavy atom. The van der Waals surface area contributed by atoms with Crippen LogP contribution in [0.25, 0.3) is 111 Å². The van der Waals surface area contributed by atoms with Gasteiger partial charge in [-0.05, 0) is 116 Å². The molecule has 0 atom stereocenters. The van der Waals surface area contributed by atoms with E-state index < -0.39 is 5.41 Å². The lowest BCUT2D eigenvalue weighted by Gasteiger charge is -2.33. The molecule has 0 radical (unpaired) electrons. The second-order valence-corrected chi connectivity index (χ2v) is 21.1. The van der Waals surface area contributed by atoms with E-state index >= 15 is 0 Å². The summed E-state index contributed by atoms with van der Waals surface area (Å²) in [5.74, 6) is 0.690. The van der Waals surface area contributed by atoms with Gasteiger partial charge in [0.05, 0.1) is 16.8 Å². The second-order valence-electron chi connectivity index (χ2n) is 21.1. The molecule has 1 aromatic heterocycles. The molecule has 76 heavy (non-hydrogen) atoms. The van der Waals surface area contributed by atoms with E-state index in [0.29, 0.717) is 5.82 Å². The maximum absolute atomic E-state index is 5.50. The van der Waals surface area contributed by atoms with Crippen LogP contribution in [0, 0.1) is 0 Å². The van der Waals surface area contributed by atoms with E-state index in [2.05, 4.69) is 281 Å². The molecule has 15 rings (SSSR count). The first-order valence-electron chi connectivity index (χ1n) is 26.5. The van der Waals surface area contributed by atoms with Crippen LogP contribution in [0.1, 0.15) is 47.2 Å². The zero-order chi connectivity index (χ0) is 50.5. The Bertz CT molecular complexity index is 4440. The van der Waals surface area contributed by atoms with E-state index in [1.165, 1.54) is 105 Å². The Hall–Kier alpha value is -9.50. The van der Waals surface area contributed by atoms with Gasteiger partial charge in [-0.25, -0.2) is 9.97 Å².